The normalized spacial score (nSPS) is 33.2. The Balaban J connectivity index is 2.44. The lowest BCUT2D eigenvalue weighted by Crippen LogP contribution is -2.28. The largest absolute Gasteiger partial charge is 0.381 e. The Morgan fingerprint density at radius 3 is 3.00 bits per heavy atom. The van der Waals surface area contributed by atoms with Crippen molar-refractivity contribution in [1.29, 1.82) is 0 Å². The standard InChI is InChI=1S/C10H12BrN/c1-10(11)6-2-5-9-8(10)4-3-7-12-9/h2-5,12H,6-7H2,1H3. The molecule has 2 aliphatic rings. The topological polar surface area (TPSA) is 12.0 Å². The maximum Gasteiger partial charge on any atom is 0.0532 e. The van der Waals surface area contributed by atoms with Crippen molar-refractivity contribution in [2.45, 2.75) is 17.7 Å². The lowest BCUT2D eigenvalue weighted by atomic mass is 9.89. The summed E-state index contributed by atoms with van der Waals surface area (Å²) >= 11 is 3.73. The molecule has 0 aromatic carbocycles. The third kappa shape index (κ3) is 1.24. The number of hydrogen-bond acceptors (Lipinski definition) is 1. The Morgan fingerprint density at radius 1 is 1.42 bits per heavy atom. The van der Waals surface area contributed by atoms with Crippen molar-refractivity contribution in [3.05, 3.63) is 35.6 Å². The first-order valence-electron chi connectivity index (χ1n) is 4.21. The Hall–Kier alpha value is -0.500. The van der Waals surface area contributed by atoms with E-state index in [-0.39, 0.29) is 4.32 Å². The number of alkyl halides is 1. The molecular weight excluding hydrogens is 214 g/mol. The number of dihydropyridines is 1. The monoisotopic (exact) mass is 225 g/mol. The van der Waals surface area contributed by atoms with Gasteiger partial charge in [0.15, 0.2) is 0 Å². The molecule has 0 radical (unpaired) electrons. The Kier molecular flexibility index (Phi) is 1.87. The predicted octanol–water partition coefficient (Wildman–Crippen LogP) is 2.51. The SMILES string of the molecule is CC1(Br)CC=CC2=C1C=CCN2. The Labute approximate surface area is 81.4 Å². The average molecular weight is 226 g/mol. The van der Waals surface area contributed by atoms with Gasteiger partial charge in [0.25, 0.3) is 0 Å². The van der Waals surface area contributed by atoms with Gasteiger partial charge in [0.05, 0.1) is 4.32 Å². The maximum atomic E-state index is 3.73. The van der Waals surface area contributed by atoms with Crippen LogP contribution in [-0.4, -0.2) is 10.9 Å². The van der Waals surface area contributed by atoms with Crippen LogP contribution in [0.1, 0.15) is 13.3 Å². The summed E-state index contributed by atoms with van der Waals surface area (Å²) in [5.41, 5.74) is 2.64. The summed E-state index contributed by atoms with van der Waals surface area (Å²) in [5.74, 6) is 0. The van der Waals surface area contributed by atoms with E-state index < -0.39 is 0 Å². The van der Waals surface area contributed by atoms with Gasteiger partial charge in [-0.3, -0.25) is 0 Å². The quantitative estimate of drug-likeness (QED) is 0.626. The van der Waals surface area contributed by atoms with Gasteiger partial charge in [0.2, 0.25) is 0 Å². The minimum Gasteiger partial charge on any atom is -0.381 e. The molecule has 2 heteroatoms. The minimum absolute atomic E-state index is 0.126. The molecule has 0 aromatic rings. The fourth-order valence-electron chi connectivity index (χ4n) is 1.64. The predicted molar refractivity (Wildman–Crippen MR) is 55.3 cm³/mol. The summed E-state index contributed by atoms with van der Waals surface area (Å²) in [7, 11) is 0. The molecule has 1 unspecified atom stereocenters. The molecule has 1 nitrogen and oxygen atoms in total. The van der Waals surface area contributed by atoms with E-state index in [0.717, 1.165) is 13.0 Å². The fraction of sp³-hybridized carbons (Fsp3) is 0.400. The lowest BCUT2D eigenvalue weighted by Gasteiger charge is -2.30. The number of allylic oxidation sites excluding steroid dienone is 4. The van der Waals surface area contributed by atoms with Crippen molar-refractivity contribution in [3.8, 4) is 0 Å². The molecule has 12 heavy (non-hydrogen) atoms. The molecule has 1 aliphatic carbocycles. The van der Waals surface area contributed by atoms with Crippen molar-refractivity contribution in [2.75, 3.05) is 6.54 Å². The van der Waals surface area contributed by atoms with Crippen LogP contribution in [0, 0.1) is 0 Å². The first-order valence-corrected chi connectivity index (χ1v) is 5.00. The number of rotatable bonds is 0. The summed E-state index contributed by atoms with van der Waals surface area (Å²) in [6.07, 6.45) is 9.82. The van der Waals surface area contributed by atoms with E-state index in [4.69, 9.17) is 0 Å². The molecule has 1 heterocycles. The zero-order valence-corrected chi connectivity index (χ0v) is 8.69. The molecule has 1 N–H and O–H groups in total. The molecule has 64 valence electrons. The number of nitrogens with one attached hydrogen (secondary N) is 1. The van der Waals surface area contributed by atoms with E-state index in [0.29, 0.717) is 0 Å². The fourth-order valence-corrected chi connectivity index (χ4v) is 2.17. The van der Waals surface area contributed by atoms with Crippen LogP contribution < -0.4 is 5.32 Å². The van der Waals surface area contributed by atoms with Crippen LogP contribution in [0.15, 0.2) is 35.6 Å². The van der Waals surface area contributed by atoms with E-state index in [9.17, 15) is 0 Å². The second-order valence-electron chi connectivity index (χ2n) is 3.41. The molecule has 2 rings (SSSR count). The smallest absolute Gasteiger partial charge is 0.0532 e. The molecule has 0 saturated carbocycles. The van der Waals surface area contributed by atoms with Gasteiger partial charge in [-0.15, -0.1) is 0 Å². The van der Waals surface area contributed by atoms with Crippen LogP contribution in [0.2, 0.25) is 0 Å². The van der Waals surface area contributed by atoms with E-state index in [1.54, 1.807) is 0 Å². The highest BCUT2D eigenvalue weighted by Crippen LogP contribution is 2.37. The van der Waals surface area contributed by atoms with E-state index in [1.165, 1.54) is 11.3 Å². The van der Waals surface area contributed by atoms with Gasteiger partial charge in [-0.1, -0.05) is 34.2 Å². The van der Waals surface area contributed by atoms with Crippen LogP contribution in [-0.2, 0) is 0 Å². The summed E-state index contributed by atoms with van der Waals surface area (Å²) in [4.78, 5) is 0. The average Bonchev–Trinajstić information content (AvgIpc) is 2.04. The van der Waals surface area contributed by atoms with E-state index in [1.807, 2.05) is 0 Å². The summed E-state index contributed by atoms with van der Waals surface area (Å²) in [6, 6.07) is 0. The lowest BCUT2D eigenvalue weighted by molar-refractivity contribution is 0.734. The first-order chi connectivity index (χ1) is 5.70. The van der Waals surface area contributed by atoms with Crippen LogP contribution >= 0.6 is 15.9 Å². The van der Waals surface area contributed by atoms with Crippen molar-refractivity contribution >= 4 is 15.9 Å². The molecule has 1 atom stereocenters. The van der Waals surface area contributed by atoms with Crippen LogP contribution in [0.25, 0.3) is 0 Å². The van der Waals surface area contributed by atoms with Gasteiger partial charge in [-0.25, -0.2) is 0 Å². The second-order valence-corrected chi connectivity index (χ2v) is 5.16. The minimum atomic E-state index is 0.126. The Bertz CT molecular complexity index is 284. The third-order valence-electron chi connectivity index (χ3n) is 2.33. The Morgan fingerprint density at radius 2 is 2.25 bits per heavy atom. The van der Waals surface area contributed by atoms with E-state index in [2.05, 4.69) is 52.5 Å². The number of halogens is 1. The molecular formula is C10H12BrN. The van der Waals surface area contributed by atoms with Crippen molar-refractivity contribution < 1.29 is 0 Å². The highest BCUT2D eigenvalue weighted by molar-refractivity contribution is 9.10. The maximum absolute atomic E-state index is 3.73. The molecule has 0 amide bonds. The van der Waals surface area contributed by atoms with Gasteiger partial charge >= 0.3 is 0 Å². The van der Waals surface area contributed by atoms with Gasteiger partial charge in [0, 0.05) is 12.2 Å². The first kappa shape index (κ1) is 8.11. The molecule has 1 aliphatic heterocycles. The second kappa shape index (κ2) is 2.77. The zero-order valence-electron chi connectivity index (χ0n) is 7.10. The number of hydrogen-bond donors (Lipinski definition) is 1. The zero-order chi connectivity index (χ0) is 8.60. The highest BCUT2D eigenvalue weighted by Gasteiger charge is 2.28. The molecule has 0 saturated heterocycles. The highest BCUT2D eigenvalue weighted by atomic mass is 79.9. The molecule has 0 aromatic heterocycles. The van der Waals surface area contributed by atoms with Crippen molar-refractivity contribution in [2.24, 2.45) is 0 Å². The van der Waals surface area contributed by atoms with Crippen LogP contribution in [0.4, 0.5) is 0 Å². The third-order valence-corrected chi connectivity index (χ3v) is 3.08. The van der Waals surface area contributed by atoms with Gasteiger partial charge in [-0.2, -0.15) is 0 Å². The van der Waals surface area contributed by atoms with Crippen LogP contribution in [0.5, 0.6) is 0 Å². The van der Waals surface area contributed by atoms with E-state index >= 15 is 0 Å². The summed E-state index contributed by atoms with van der Waals surface area (Å²) in [5, 5.41) is 3.35. The summed E-state index contributed by atoms with van der Waals surface area (Å²) < 4.78 is 0.126. The molecule has 0 spiro atoms. The molecule has 0 bridgehead atoms. The van der Waals surface area contributed by atoms with Gasteiger partial charge in [0.1, 0.15) is 0 Å². The van der Waals surface area contributed by atoms with Crippen molar-refractivity contribution in [1.82, 2.24) is 5.32 Å². The van der Waals surface area contributed by atoms with Gasteiger partial charge in [-0.05, 0) is 25.0 Å². The van der Waals surface area contributed by atoms with Crippen LogP contribution in [0.3, 0.4) is 0 Å². The summed E-state index contributed by atoms with van der Waals surface area (Å²) in [6.45, 7) is 3.16. The van der Waals surface area contributed by atoms with Gasteiger partial charge < -0.3 is 5.32 Å². The molecule has 0 fully saturated rings. The van der Waals surface area contributed by atoms with Crippen molar-refractivity contribution in [3.63, 3.8) is 0 Å².